The number of carbonyl (C=O) groups excluding carboxylic acids is 2. The lowest BCUT2D eigenvalue weighted by Gasteiger charge is -2.31. The molecule has 29 heavy (non-hydrogen) atoms. The molecule has 1 aliphatic rings. The van der Waals surface area contributed by atoms with Crippen molar-refractivity contribution in [3.63, 3.8) is 0 Å². The maximum Gasteiger partial charge on any atom is 0.256 e. The molecule has 1 heterocycles. The quantitative estimate of drug-likeness (QED) is 0.425. The minimum absolute atomic E-state index is 0.113. The summed E-state index contributed by atoms with van der Waals surface area (Å²) in [6, 6.07) is 18.2. The Morgan fingerprint density at radius 2 is 1.83 bits per heavy atom. The molecule has 2 amide bonds. The van der Waals surface area contributed by atoms with Gasteiger partial charge in [-0.15, -0.1) is 0 Å². The average molecular weight is 565 g/mol. The molecule has 0 fully saturated rings. The predicted octanol–water partition coefficient (Wildman–Crippen LogP) is 5.38. The molecule has 4 rings (SSSR count). The predicted molar refractivity (Wildman–Crippen MR) is 121 cm³/mol. The van der Waals surface area contributed by atoms with Crippen LogP contribution in [0.2, 0.25) is 0 Å². The van der Waals surface area contributed by atoms with E-state index in [-0.39, 0.29) is 24.2 Å². The van der Waals surface area contributed by atoms with Crippen LogP contribution in [0.1, 0.15) is 27.5 Å². The Balaban J connectivity index is 1.91. The van der Waals surface area contributed by atoms with Crippen molar-refractivity contribution in [2.45, 2.75) is 6.04 Å². The molecule has 0 saturated carbocycles. The van der Waals surface area contributed by atoms with E-state index < -0.39 is 6.04 Å². The Bertz CT molecular complexity index is 1100. The first-order chi connectivity index (χ1) is 13.9. The topological polar surface area (TPSA) is 49.4 Å². The summed E-state index contributed by atoms with van der Waals surface area (Å²) in [5.41, 5.74) is 2.63. The number of fused-ring (bicyclic) bond motifs is 1. The number of hydrogen-bond donors (Lipinski definition) is 1. The summed E-state index contributed by atoms with van der Waals surface area (Å²) in [4.78, 5) is 27.7. The second-order valence-corrected chi connectivity index (χ2v) is 8.72. The van der Waals surface area contributed by atoms with E-state index in [0.717, 1.165) is 19.2 Å². The highest BCUT2D eigenvalue weighted by molar-refractivity contribution is 14.1. The summed E-state index contributed by atoms with van der Waals surface area (Å²) in [6.07, 6.45) is 0. The Morgan fingerprint density at radius 3 is 2.55 bits per heavy atom. The molecule has 0 aromatic heterocycles. The van der Waals surface area contributed by atoms with Crippen LogP contribution < -0.4 is 5.32 Å². The third-order valence-electron chi connectivity index (χ3n) is 4.76. The molecule has 0 bridgehead atoms. The van der Waals surface area contributed by atoms with Crippen LogP contribution in [0.3, 0.4) is 0 Å². The van der Waals surface area contributed by atoms with Crippen molar-refractivity contribution in [2.24, 2.45) is 0 Å². The fourth-order valence-electron chi connectivity index (χ4n) is 3.46. The first-order valence-corrected chi connectivity index (χ1v) is 10.7. The van der Waals surface area contributed by atoms with Crippen LogP contribution in [0.4, 0.5) is 10.1 Å². The third kappa shape index (κ3) is 4.06. The molecular weight excluding hydrogens is 550 g/mol. The zero-order valence-electron chi connectivity index (χ0n) is 15.0. The Labute approximate surface area is 189 Å². The SMILES string of the molecule is O=C1CN(C(=O)c2ccccc2I)[C@@H](c2ccc(F)cc2)c2cc(Br)ccc2N1. The zero-order chi connectivity index (χ0) is 20.5. The fourth-order valence-corrected chi connectivity index (χ4v) is 4.46. The van der Waals surface area contributed by atoms with Crippen molar-refractivity contribution in [3.8, 4) is 0 Å². The number of halogens is 3. The van der Waals surface area contributed by atoms with Gasteiger partial charge in [-0.1, -0.05) is 40.2 Å². The minimum atomic E-state index is -0.550. The zero-order valence-corrected chi connectivity index (χ0v) is 18.8. The summed E-state index contributed by atoms with van der Waals surface area (Å²) in [6.45, 7) is -0.113. The van der Waals surface area contributed by atoms with E-state index in [1.54, 1.807) is 35.2 Å². The monoisotopic (exact) mass is 564 g/mol. The van der Waals surface area contributed by atoms with Crippen molar-refractivity contribution in [1.29, 1.82) is 0 Å². The molecule has 3 aromatic carbocycles. The lowest BCUT2D eigenvalue weighted by Crippen LogP contribution is -2.39. The van der Waals surface area contributed by atoms with Gasteiger partial charge in [0.25, 0.3) is 5.91 Å². The van der Waals surface area contributed by atoms with Crippen LogP contribution >= 0.6 is 38.5 Å². The summed E-state index contributed by atoms with van der Waals surface area (Å²) in [7, 11) is 0. The highest BCUT2D eigenvalue weighted by Crippen LogP contribution is 2.38. The number of anilines is 1. The molecule has 0 aliphatic carbocycles. The number of benzene rings is 3. The fraction of sp³-hybridized carbons (Fsp3) is 0.0909. The van der Waals surface area contributed by atoms with E-state index in [4.69, 9.17) is 0 Å². The summed E-state index contributed by atoms with van der Waals surface area (Å²) in [5.74, 6) is -0.897. The molecule has 0 spiro atoms. The number of hydrogen-bond acceptors (Lipinski definition) is 2. The Hall–Kier alpha value is -2.26. The summed E-state index contributed by atoms with van der Waals surface area (Å²) < 4.78 is 15.2. The molecular formula is C22H15BrFIN2O2. The van der Waals surface area contributed by atoms with E-state index in [2.05, 4.69) is 43.8 Å². The lowest BCUT2D eigenvalue weighted by molar-refractivity contribution is -0.117. The van der Waals surface area contributed by atoms with Gasteiger partial charge in [0.05, 0.1) is 11.6 Å². The van der Waals surface area contributed by atoms with Crippen molar-refractivity contribution in [1.82, 2.24) is 4.90 Å². The van der Waals surface area contributed by atoms with Gasteiger partial charge in [0.1, 0.15) is 12.4 Å². The van der Waals surface area contributed by atoms with Gasteiger partial charge < -0.3 is 10.2 Å². The number of rotatable bonds is 2. The van der Waals surface area contributed by atoms with Crippen LogP contribution in [0.15, 0.2) is 71.2 Å². The van der Waals surface area contributed by atoms with Gasteiger partial charge in [-0.05, 0) is 70.6 Å². The third-order valence-corrected chi connectivity index (χ3v) is 6.19. The maximum absolute atomic E-state index is 13.6. The number of carbonyl (C=O) groups is 2. The normalized spacial score (nSPS) is 16.0. The summed E-state index contributed by atoms with van der Waals surface area (Å²) >= 11 is 5.59. The van der Waals surface area contributed by atoms with E-state index >= 15 is 0 Å². The smallest absolute Gasteiger partial charge is 0.256 e. The molecule has 1 atom stereocenters. The molecule has 0 saturated heterocycles. The van der Waals surface area contributed by atoms with E-state index in [1.165, 1.54) is 12.1 Å². The van der Waals surface area contributed by atoms with Crippen LogP contribution in [0.5, 0.6) is 0 Å². The Morgan fingerprint density at radius 1 is 1.10 bits per heavy atom. The van der Waals surface area contributed by atoms with Gasteiger partial charge in [-0.2, -0.15) is 0 Å². The van der Waals surface area contributed by atoms with Gasteiger partial charge >= 0.3 is 0 Å². The number of nitrogens with zero attached hydrogens (tertiary/aromatic N) is 1. The Kier molecular flexibility index (Phi) is 5.69. The van der Waals surface area contributed by atoms with Crippen molar-refractivity contribution in [2.75, 3.05) is 11.9 Å². The highest BCUT2D eigenvalue weighted by atomic mass is 127. The minimum Gasteiger partial charge on any atom is -0.324 e. The van der Waals surface area contributed by atoms with Crippen molar-refractivity contribution >= 4 is 56.0 Å². The van der Waals surface area contributed by atoms with Crippen molar-refractivity contribution < 1.29 is 14.0 Å². The second-order valence-electron chi connectivity index (χ2n) is 6.65. The molecule has 7 heteroatoms. The van der Waals surface area contributed by atoms with E-state index in [9.17, 15) is 14.0 Å². The average Bonchev–Trinajstić information content (AvgIpc) is 2.84. The van der Waals surface area contributed by atoms with Crippen LogP contribution in [-0.4, -0.2) is 23.3 Å². The van der Waals surface area contributed by atoms with Crippen LogP contribution in [0, 0.1) is 9.39 Å². The van der Waals surface area contributed by atoms with Crippen LogP contribution in [-0.2, 0) is 4.79 Å². The van der Waals surface area contributed by atoms with E-state index in [1.807, 2.05) is 24.3 Å². The highest BCUT2D eigenvalue weighted by Gasteiger charge is 2.34. The van der Waals surface area contributed by atoms with Gasteiger partial charge in [-0.3, -0.25) is 9.59 Å². The molecule has 4 nitrogen and oxygen atoms in total. The first-order valence-electron chi connectivity index (χ1n) is 8.84. The van der Waals surface area contributed by atoms with Gasteiger partial charge in [0.15, 0.2) is 0 Å². The molecule has 1 N–H and O–H groups in total. The van der Waals surface area contributed by atoms with Crippen LogP contribution in [0.25, 0.3) is 0 Å². The van der Waals surface area contributed by atoms with E-state index in [0.29, 0.717) is 11.3 Å². The maximum atomic E-state index is 13.6. The molecule has 146 valence electrons. The van der Waals surface area contributed by atoms with Gasteiger partial charge in [0.2, 0.25) is 5.91 Å². The van der Waals surface area contributed by atoms with Crippen molar-refractivity contribution in [3.05, 3.63) is 97.3 Å². The number of nitrogens with one attached hydrogen (secondary N) is 1. The second kappa shape index (κ2) is 8.23. The van der Waals surface area contributed by atoms with Gasteiger partial charge in [-0.25, -0.2) is 4.39 Å². The molecule has 0 unspecified atom stereocenters. The molecule has 0 radical (unpaired) electrons. The first kappa shape index (κ1) is 20.0. The number of amides is 2. The summed E-state index contributed by atoms with van der Waals surface area (Å²) in [5, 5.41) is 2.88. The molecule has 1 aliphatic heterocycles. The standard InChI is InChI=1S/C22H15BrFIN2O2/c23-14-7-10-19-17(11-14)21(13-5-8-15(24)9-6-13)27(12-20(28)26-19)22(29)16-3-1-2-4-18(16)25/h1-11,21H,12H2,(H,26,28)/t21-/m0/s1. The molecule has 3 aromatic rings. The lowest BCUT2D eigenvalue weighted by atomic mass is 9.95. The van der Waals surface area contributed by atoms with Gasteiger partial charge in [0, 0.05) is 19.3 Å². The largest absolute Gasteiger partial charge is 0.324 e.